The summed E-state index contributed by atoms with van der Waals surface area (Å²) in [6.45, 7) is 7.92. The van der Waals surface area contributed by atoms with Gasteiger partial charge in [-0.05, 0) is 45.9 Å². The summed E-state index contributed by atoms with van der Waals surface area (Å²) in [5.41, 5.74) is 3.70. The zero-order valence-corrected chi connectivity index (χ0v) is 12.9. The second-order valence-corrected chi connectivity index (χ2v) is 4.99. The molecule has 0 fully saturated rings. The van der Waals surface area contributed by atoms with Gasteiger partial charge in [0.2, 0.25) is 0 Å². The first kappa shape index (κ1) is 16.4. The Bertz CT molecular complexity index is 485. The lowest BCUT2D eigenvalue weighted by Gasteiger charge is -2.17. The normalized spacial score (nSPS) is 12.1. The molecule has 1 atom stereocenters. The summed E-state index contributed by atoms with van der Waals surface area (Å²) in [5.74, 6) is -0.418. The molecule has 20 heavy (non-hydrogen) atoms. The average molecular weight is 277 g/mol. The van der Waals surface area contributed by atoms with Crippen LogP contribution in [0.2, 0.25) is 0 Å². The fourth-order valence-electron chi connectivity index (χ4n) is 2.46. The van der Waals surface area contributed by atoms with Crippen molar-refractivity contribution < 1.29 is 14.3 Å². The molecule has 110 valence electrons. The predicted molar refractivity (Wildman–Crippen MR) is 79.1 cm³/mol. The molecule has 0 saturated heterocycles. The molecular weight excluding hydrogens is 254 g/mol. The molecule has 0 aliphatic rings. The maximum Gasteiger partial charge on any atom is 0.307 e. The second kappa shape index (κ2) is 7.20. The summed E-state index contributed by atoms with van der Waals surface area (Å²) in [6, 6.07) is 3.42. The third-order valence-corrected chi connectivity index (χ3v) is 3.26. The van der Waals surface area contributed by atoms with E-state index in [2.05, 4.69) is 5.32 Å². The van der Waals surface area contributed by atoms with E-state index in [0.29, 0.717) is 12.2 Å². The van der Waals surface area contributed by atoms with Crippen LogP contribution in [-0.4, -0.2) is 31.4 Å². The number of ether oxygens (including phenoxy) is 1. The highest BCUT2D eigenvalue weighted by atomic mass is 16.5. The lowest BCUT2D eigenvalue weighted by Crippen LogP contribution is -2.37. The standard InChI is InChI=1S/C16H23NO3/c1-6-20-14(18)9-13(17-5)16(19)15-11(3)7-10(2)8-12(15)4/h7-8,13,17H,6,9H2,1-5H3. The molecule has 4 nitrogen and oxygen atoms in total. The van der Waals surface area contributed by atoms with E-state index in [0.717, 1.165) is 16.7 Å². The number of esters is 1. The third kappa shape index (κ3) is 3.90. The number of carbonyl (C=O) groups is 2. The summed E-state index contributed by atoms with van der Waals surface area (Å²) < 4.78 is 4.91. The van der Waals surface area contributed by atoms with Gasteiger partial charge in [-0.2, -0.15) is 0 Å². The number of carbonyl (C=O) groups excluding carboxylic acids is 2. The minimum absolute atomic E-state index is 0.0515. The van der Waals surface area contributed by atoms with Gasteiger partial charge < -0.3 is 10.1 Å². The molecule has 1 aromatic rings. The number of Topliss-reactive ketones (excluding diaryl/α,β-unsaturated/α-hetero) is 1. The SMILES string of the molecule is CCOC(=O)CC(NC)C(=O)c1c(C)cc(C)cc1C. The van der Waals surface area contributed by atoms with Crippen molar-refractivity contribution in [3.05, 3.63) is 34.4 Å². The smallest absolute Gasteiger partial charge is 0.307 e. The summed E-state index contributed by atoms with van der Waals surface area (Å²) >= 11 is 0. The third-order valence-electron chi connectivity index (χ3n) is 3.26. The molecule has 0 aromatic heterocycles. The molecule has 0 saturated carbocycles. The Kier molecular flexibility index (Phi) is 5.89. The molecule has 0 heterocycles. The number of aryl methyl sites for hydroxylation is 3. The Labute approximate surface area is 120 Å². The van der Waals surface area contributed by atoms with Gasteiger partial charge in [0.15, 0.2) is 5.78 Å². The molecule has 0 aliphatic carbocycles. The van der Waals surface area contributed by atoms with Crippen LogP contribution in [0.4, 0.5) is 0 Å². The van der Waals surface area contributed by atoms with E-state index in [-0.39, 0.29) is 18.2 Å². The minimum Gasteiger partial charge on any atom is -0.466 e. The molecule has 0 bridgehead atoms. The van der Waals surface area contributed by atoms with Crippen LogP contribution in [0.1, 0.15) is 40.4 Å². The molecule has 1 N–H and O–H groups in total. The van der Waals surface area contributed by atoms with E-state index >= 15 is 0 Å². The maximum absolute atomic E-state index is 12.6. The fraction of sp³-hybridized carbons (Fsp3) is 0.500. The van der Waals surface area contributed by atoms with E-state index in [9.17, 15) is 9.59 Å². The first-order valence-corrected chi connectivity index (χ1v) is 6.85. The van der Waals surface area contributed by atoms with Crippen molar-refractivity contribution in [2.45, 2.75) is 40.2 Å². The van der Waals surface area contributed by atoms with Gasteiger partial charge >= 0.3 is 5.97 Å². The predicted octanol–water partition coefficient (Wildman–Crippen LogP) is 2.34. The number of ketones is 1. The number of likely N-dealkylation sites (N-methyl/N-ethyl adjacent to an activating group) is 1. The molecule has 0 amide bonds. The van der Waals surface area contributed by atoms with Crippen LogP contribution in [0.25, 0.3) is 0 Å². The number of nitrogens with one attached hydrogen (secondary N) is 1. The Morgan fingerprint density at radius 1 is 1.20 bits per heavy atom. The largest absolute Gasteiger partial charge is 0.466 e. The van der Waals surface area contributed by atoms with Crippen molar-refractivity contribution in [1.82, 2.24) is 5.32 Å². The van der Waals surface area contributed by atoms with E-state index in [1.165, 1.54) is 0 Å². The van der Waals surface area contributed by atoms with Crippen LogP contribution in [0, 0.1) is 20.8 Å². The highest BCUT2D eigenvalue weighted by Gasteiger charge is 2.24. The lowest BCUT2D eigenvalue weighted by atomic mass is 9.92. The van der Waals surface area contributed by atoms with Crippen molar-refractivity contribution in [1.29, 1.82) is 0 Å². The van der Waals surface area contributed by atoms with Gasteiger partial charge in [0, 0.05) is 5.56 Å². The van der Waals surface area contributed by atoms with Crippen molar-refractivity contribution in [2.24, 2.45) is 0 Å². The Morgan fingerprint density at radius 2 is 1.75 bits per heavy atom. The van der Waals surface area contributed by atoms with Crippen LogP contribution in [-0.2, 0) is 9.53 Å². The van der Waals surface area contributed by atoms with Crippen LogP contribution in [0.3, 0.4) is 0 Å². The van der Waals surface area contributed by atoms with E-state index in [1.54, 1.807) is 14.0 Å². The minimum atomic E-state index is -0.547. The number of hydrogen-bond acceptors (Lipinski definition) is 4. The summed E-state index contributed by atoms with van der Waals surface area (Å²) in [5, 5.41) is 2.91. The first-order chi connectivity index (χ1) is 9.40. The van der Waals surface area contributed by atoms with Crippen molar-refractivity contribution >= 4 is 11.8 Å². The van der Waals surface area contributed by atoms with Gasteiger partial charge in [-0.15, -0.1) is 0 Å². The highest BCUT2D eigenvalue weighted by Crippen LogP contribution is 2.19. The number of hydrogen-bond donors (Lipinski definition) is 1. The van der Waals surface area contributed by atoms with Crippen LogP contribution in [0.5, 0.6) is 0 Å². The van der Waals surface area contributed by atoms with Crippen molar-refractivity contribution in [3.63, 3.8) is 0 Å². The van der Waals surface area contributed by atoms with Gasteiger partial charge in [-0.1, -0.05) is 17.7 Å². The van der Waals surface area contributed by atoms with Gasteiger partial charge in [-0.25, -0.2) is 0 Å². The second-order valence-electron chi connectivity index (χ2n) is 4.99. The lowest BCUT2D eigenvalue weighted by molar-refractivity contribution is -0.143. The fourth-order valence-corrected chi connectivity index (χ4v) is 2.46. The van der Waals surface area contributed by atoms with Gasteiger partial charge in [0.25, 0.3) is 0 Å². The van der Waals surface area contributed by atoms with Crippen LogP contribution < -0.4 is 5.32 Å². The number of rotatable bonds is 6. The van der Waals surface area contributed by atoms with Crippen molar-refractivity contribution in [2.75, 3.05) is 13.7 Å². The molecule has 4 heteroatoms. The zero-order chi connectivity index (χ0) is 15.3. The van der Waals surface area contributed by atoms with E-state index < -0.39 is 6.04 Å². The number of benzene rings is 1. The highest BCUT2D eigenvalue weighted by molar-refractivity contribution is 6.04. The first-order valence-electron chi connectivity index (χ1n) is 6.85. The Hall–Kier alpha value is -1.68. The molecule has 0 radical (unpaired) electrons. The van der Waals surface area contributed by atoms with E-state index in [4.69, 9.17) is 4.74 Å². The summed E-state index contributed by atoms with van der Waals surface area (Å²) in [7, 11) is 1.68. The van der Waals surface area contributed by atoms with E-state index in [1.807, 2.05) is 32.9 Å². The average Bonchev–Trinajstić information content (AvgIpc) is 2.34. The van der Waals surface area contributed by atoms with Crippen LogP contribution >= 0.6 is 0 Å². The molecular formula is C16H23NO3. The van der Waals surface area contributed by atoms with Crippen LogP contribution in [0.15, 0.2) is 12.1 Å². The van der Waals surface area contributed by atoms with Gasteiger partial charge in [-0.3, -0.25) is 9.59 Å². The Morgan fingerprint density at radius 3 is 2.20 bits per heavy atom. The summed E-state index contributed by atoms with van der Waals surface area (Å²) in [4.78, 5) is 24.2. The Balaban J connectivity index is 3.00. The van der Waals surface area contributed by atoms with Crippen molar-refractivity contribution in [3.8, 4) is 0 Å². The maximum atomic E-state index is 12.6. The molecule has 0 aliphatic heterocycles. The topological polar surface area (TPSA) is 55.4 Å². The molecule has 1 rings (SSSR count). The van der Waals surface area contributed by atoms with Gasteiger partial charge in [0.05, 0.1) is 19.1 Å². The monoisotopic (exact) mass is 277 g/mol. The quantitative estimate of drug-likeness (QED) is 0.640. The zero-order valence-electron chi connectivity index (χ0n) is 12.9. The molecule has 0 spiro atoms. The summed E-state index contributed by atoms with van der Waals surface area (Å²) in [6.07, 6.45) is 0.0515. The van der Waals surface area contributed by atoms with Gasteiger partial charge in [0.1, 0.15) is 0 Å². The molecule has 1 aromatic carbocycles. The molecule has 1 unspecified atom stereocenters.